The Hall–Kier alpha value is -3.57. The summed E-state index contributed by atoms with van der Waals surface area (Å²) in [6.07, 6.45) is -2.07. The van der Waals surface area contributed by atoms with Crippen LogP contribution in [0.5, 0.6) is 0 Å². The van der Waals surface area contributed by atoms with Crippen molar-refractivity contribution in [1.82, 2.24) is 9.29 Å². The van der Waals surface area contributed by atoms with E-state index in [2.05, 4.69) is 4.98 Å². The minimum absolute atomic E-state index is 0.0801. The van der Waals surface area contributed by atoms with Crippen molar-refractivity contribution in [1.29, 1.82) is 0 Å². The smallest absolute Gasteiger partial charge is 0.433 e. The van der Waals surface area contributed by atoms with Crippen LogP contribution in [0.3, 0.4) is 0 Å². The number of pyridine rings is 1. The Morgan fingerprint density at radius 1 is 1.05 bits per heavy atom. The standard InChI is InChI=1S/C27H22F4N2O4S/c28-21-8-10-24-20(14-21)15-26(37-24)38(35,36)33-12-2-5-22(33)23(34)9-6-17-3-1-4-18(13-17)19-7-11-25(32-16-19)27(29,30)31/h1,3-4,7-8,10-11,13-16,22H,2,5-6,9,12H2. The average Bonchev–Trinajstić information content (AvgIpc) is 3.55. The number of aromatic nitrogens is 1. The summed E-state index contributed by atoms with van der Waals surface area (Å²) in [5.74, 6) is -0.759. The van der Waals surface area contributed by atoms with Crippen LogP contribution < -0.4 is 0 Å². The quantitative estimate of drug-likeness (QED) is 0.265. The van der Waals surface area contributed by atoms with Crippen LogP contribution >= 0.6 is 0 Å². The van der Waals surface area contributed by atoms with Gasteiger partial charge in [-0.15, -0.1) is 0 Å². The van der Waals surface area contributed by atoms with Crippen molar-refractivity contribution >= 4 is 26.8 Å². The van der Waals surface area contributed by atoms with Crippen molar-refractivity contribution in [2.75, 3.05) is 6.54 Å². The van der Waals surface area contributed by atoms with Crippen molar-refractivity contribution < 1.29 is 35.2 Å². The molecule has 5 rings (SSSR count). The molecule has 4 aromatic rings. The molecule has 1 unspecified atom stereocenters. The van der Waals surface area contributed by atoms with E-state index < -0.39 is 33.8 Å². The van der Waals surface area contributed by atoms with E-state index in [0.717, 1.165) is 22.1 Å². The molecule has 0 bridgehead atoms. The highest BCUT2D eigenvalue weighted by Crippen LogP contribution is 2.32. The van der Waals surface area contributed by atoms with E-state index in [4.69, 9.17) is 4.42 Å². The first-order valence-corrected chi connectivity index (χ1v) is 13.3. The first-order valence-electron chi connectivity index (χ1n) is 11.9. The zero-order valence-corrected chi connectivity index (χ0v) is 20.7. The minimum atomic E-state index is -4.52. The van der Waals surface area contributed by atoms with E-state index in [0.29, 0.717) is 35.8 Å². The molecular formula is C27H22F4N2O4S. The second-order valence-electron chi connectivity index (χ2n) is 9.12. The highest BCUT2D eigenvalue weighted by atomic mass is 32.2. The average molecular weight is 547 g/mol. The molecule has 1 atom stereocenters. The molecule has 0 radical (unpaired) electrons. The number of nitrogens with zero attached hydrogens (tertiary/aromatic N) is 2. The van der Waals surface area contributed by atoms with E-state index in [1.807, 2.05) is 0 Å². The van der Waals surface area contributed by atoms with Gasteiger partial charge < -0.3 is 4.42 Å². The van der Waals surface area contributed by atoms with Gasteiger partial charge in [0.1, 0.15) is 17.1 Å². The van der Waals surface area contributed by atoms with Crippen LogP contribution in [0.1, 0.15) is 30.5 Å². The molecule has 38 heavy (non-hydrogen) atoms. The zero-order valence-electron chi connectivity index (χ0n) is 19.9. The molecule has 6 nitrogen and oxygen atoms in total. The Morgan fingerprint density at radius 3 is 2.61 bits per heavy atom. The van der Waals surface area contributed by atoms with Crippen LogP contribution in [0.4, 0.5) is 17.6 Å². The van der Waals surface area contributed by atoms with E-state index in [1.165, 1.54) is 30.3 Å². The molecule has 0 N–H and O–H groups in total. The van der Waals surface area contributed by atoms with Crippen molar-refractivity contribution in [2.45, 2.75) is 43.0 Å². The second-order valence-corrected chi connectivity index (χ2v) is 10.9. The Morgan fingerprint density at radius 2 is 1.87 bits per heavy atom. The number of hydrogen-bond donors (Lipinski definition) is 0. The van der Waals surface area contributed by atoms with Gasteiger partial charge in [0, 0.05) is 36.2 Å². The molecule has 1 aliphatic rings. The molecule has 0 amide bonds. The van der Waals surface area contributed by atoms with Crippen molar-refractivity contribution in [3.8, 4) is 11.1 Å². The van der Waals surface area contributed by atoms with Gasteiger partial charge >= 0.3 is 6.18 Å². The second kappa shape index (κ2) is 9.95. The van der Waals surface area contributed by atoms with Gasteiger partial charge in [0.15, 0.2) is 5.78 Å². The normalized spacial score (nSPS) is 16.8. The number of ketones is 1. The van der Waals surface area contributed by atoms with Crippen molar-refractivity contribution in [3.63, 3.8) is 0 Å². The van der Waals surface area contributed by atoms with Crippen molar-refractivity contribution in [3.05, 3.63) is 83.9 Å². The number of furan rings is 1. The summed E-state index contributed by atoms with van der Waals surface area (Å²) in [5.41, 5.74) is 1.19. The van der Waals surface area contributed by atoms with Gasteiger partial charge in [0.05, 0.1) is 6.04 Å². The lowest BCUT2D eigenvalue weighted by Gasteiger charge is -2.21. The Balaban J connectivity index is 1.28. The number of Topliss-reactive ketones (excluding diaryl/α,β-unsaturated/α-hetero) is 1. The molecule has 198 valence electrons. The number of benzene rings is 2. The van der Waals surface area contributed by atoms with E-state index in [-0.39, 0.29) is 29.4 Å². The lowest BCUT2D eigenvalue weighted by Crippen LogP contribution is -2.40. The fourth-order valence-electron chi connectivity index (χ4n) is 4.65. The summed E-state index contributed by atoms with van der Waals surface area (Å²) in [6.45, 7) is 0.167. The monoisotopic (exact) mass is 546 g/mol. The largest absolute Gasteiger partial charge is 0.443 e. The molecule has 0 saturated carbocycles. The van der Waals surface area contributed by atoms with Gasteiger partial charge in [-0.1, -0.05) is 30.3 Å². The molecular weight excluding hydrogens is 524 g/mol. The van der Waals surface area contributed by atoms with Gasteiger partial charge in [0.25, 0.3) is 10.0 Å². The van der Waals surface area contributed by atoms with Crippen LogP contribution in [0.25, 0.3) is 22.1 Å². The lowest BCUT2D eigenvalue weighted by atomic mass is 9.99. The number of rotatable bonds is 7. The SMILES string of the molecule is O=C(CCc1cccc(-c2ccc(C(F)(F)F)nc2)c1)C1CCCN1S(=O)(=O)c1cc2cc(F)ccc2o1. The molecule has 3 heterocycles. The van der Waals surface area contributed by atoms with Crippen LogP contribution in [0.15, 0.2) is 76.4 Å². The molecule has 1 fully saturated rings. The highest BCUT2D eigenvalue weighted by Gasteiger charge is 2.40. The van der Waals surface area contributed by atoms with E-state index >= 15 is 0 Å². The number of carbonyl (C=O) groups is 1. The number of sulfonamides is 1. The minimum Gasteiger partial charge on any atom is -0.443 e. The number of carbonyl (C=O) groups excluding carboxylic acids is 1. The molecule has 2 aromatic heterocycles. The van der Waals surface area contributed by atoms with Gasteiger partial charge in [-0.25, -0.2) is 12.8 Å². The van der Waals surface area contributed by atoms with Crippen LogP contribution in [-0.2, 0) is 27.4 Å². The molecule has 0 aliphatic carbocycles. The third-order valence-corrected chi connectivity index (χ3v) is 8.33. The predicted molar refractivity (Wildman–Crippen MR) is 131 cm³/mol. The third kappa shape index (κ3) is 5.21. The maximum Gasteiger partial charge on any atom is 0.433 e. The number of fused-ring (bicyclic) bond motifs is 1. The molecule has 2 aromatic carbocycles. The number of aryl methyl sites for hydroxylation is 1. The first-order chi connectivity index (χ1) is 18.0. The van der Waals surface area contributed by atoms with Gasteiger partial charge in [-0.3, -0.25) is 9.78 Å². The maximum absolute atomic E-state index is 13.5. The molecule has 1 saturated heterocycles. The topological polar surface area (TPSA) is 80.5 Å². The summed E-state index contributed by atoms with van der Waals surface area (Å²) < 4.78 is 85.1. The van der Waals surface area contributed by atoms with Gasteiger partial charge in [-0.2, -0.15) is 17.5 Å². The van der Waals surface area contributed by atoms with Gasteiger partial charge in [-0.05, 0) is 54.7 Å². The maximum atomic E-state index is 13.5. The Labute approximate surface area is 215 Å². The highest BCUT2D eigenvalue weighted by molar-refractivity contribution is 7.89. The van der Waals surface area contributed by atoms with E-state index in [9.17, 15) is 30.8 Å². The summed E-state index contributed by atoms with van der Waals surface area (Å²) in [5, 5.41) is -0.0237. The number of hydrogen-bond acceptors (Lipinski definition) is 5. The fourth-order valence-corrected chi connectivity index (χ4v) is 6.28. The van der Waals surface area contributed by atoms with E-state index in [1.54, 1.807) is 24.3 Å². The Kier molecular flexibility index (Phi) is 6.83. The molecule has 1 aliphatic heterocycles. The van der Waals surface area contributed by atoms with Crippen molar-refractivity contribution in [2.24, 2.45) is 0 Å². The summed E-state index contributed by atoms with van der Waals surface area (Å²) in [4.78, 5) is 16.6. The fraction of sp³-hybridized carbons (Fsp3) is 0.259. The van der Waals surface area contributed by atoms with Crippen LogP contribution in [-0.4, -0.2) is 36.1 Å². The zero-order chi connectivity index (χ0) is 27.1. The third-order valence-electron chi connectivity index (χ3n) is 6.57. The summed E-state index contributed by atoms with van der Waals surface area (Å²) in [7, 11) is -4.11. The van der Waals surface area contributed by atoms with Crippen LogP contribution in [0.2, 0.25) is 0 Å². The van der Waals surface area contributed by atoms with Gasteiger partial charge in [0.2, 0.25) is 5.09 Å². The number of alkyl halides is 3. The first kappa shape index (κ1) is 26.1. The predicted octanol–water partition coefficient (Wildman–Crippen LogP) is 6.01. The Bertz CT molecular complexity index is 1600. The molecule has 0 spiro atoms. The lowest BCUT2D eigenvalue weighted by molar-refractivity contribution is -0.141. The summed E-state index contributed by atoms with van der Waals surface area (Å²) >= 11 is 0. The molecule has 11 heteroatoms. The number of halogens is 4. The van der Waals surface area contributed by atoms with Crippen LogP contribution in [0, 0.1) is 5.82 Å². The summed E-state index contributed by atoms with van der Waals surface area (Å²) in [6, 6.07) is 13.4.